The van der Waals surface area contributed by atoms with Gasteiger partial charge in [-0.25, -0.2) is 0 Å². The van der Waals surface area contributed by atoms with Crippen LogP contribution < -0.4 is 5.32 Å². The first kappa shape index (κ1) is 16.4. The summed E-state index contributed by atoms with van der Waals surface area (Å²) < 4.78 is 38.1. The van der Waals surface area contributed by atoms with E-state index in [0.29, 0.717) is 12.1 Å². The quantitative estimate of drug-likeness (QED) is 0.779. The molecular formula is C16H16F3N3O2. The number of nitrogens with zero attached hydrogens (tertiary/aromatic N) is 1. The van der Waals surface area contributed by atoms with Crippen LogP contribution in [-0.4, -0.2) is 21.3 Å². The molecule has 1 aliphatic carbocycles. The molecule has 1 saturated carbocycles. The number of nitrogens with one attached hydrogen (secondary N) is 2. The Balaban J connectivity index is 1.62. The van der Waals surface area contributed by atoms with E-state index in [1.165, 1.54) is 6.92 Å². The summed E-state index contributed by atoms with van der Waals surface area (Å²) in [4.78, 5) is 10.9. The SMILES string of the molecule is Cc1c(C(F)(F)F)n[nH]c1CNc1ccc([C@@H]2C[C@H]2C(=O)O)cc1. The maximum absolute atomic E-state index is 12.7. The van der Waals surface area contributed by atoms with Crippen LogP contribution in [-0.2, 0) is 17.5 Å². The smallest absolute Gasteiger partial charge is 0.435 e. The molecule has 3 rings (SSSR count). The highest BCUT2D eigenvalue weighted by atomic mass is 19.4. The van der Waals surface area contributed by atoms with Crippen molar-refractivity contribution in [2.45, 2.75) is 32.0 Å². The molecule has 2 aromatic rings. The predicted octanol–water partition coefficient (Wildman–Crippen LogP) is 3.54. The van der Waals surface area contributed by atoms with Gasteiger partial charge in [0.05, 0.1) is 18.2 Å². The molecule has 1 fully saturated rings. The highest BCUT2D eigenvalue weighted by Gasteiger charge is 2.44. The summed E-state index contributed by atoms with van der Waals surface area (Å²) in [7, 11) is 0. The molecular weight excluding hydrogens is 323 g/mol. The van der Waals surface area contributed by atoms with Crippen molar-refractivity contribution in [3.8, 4) is 0 Å². The van der Waals surface area contributed by atoms with E-state index in [4.69, 9.17) is 5.11 Å². The van der Waals surface area contributed by atoms with E-state index >= 15 is 0 Å². The Morgan fingerprint density at radius 2 is 2.04 bits per heavy atom. The Labute approximate surface area is 135 Å². The number of aromatic nitrogens is 2. The fourth-order valence-electron chi connectivity index (χ4n) is 2.76. The molecule has 1 aromatic heterocycles. The Morgan fingerprint density at radius 3 is 2.54 bits per heavy atom. The number of rotatable bonds is 5. The molecule has 0 saturated heterocycles. The van der Waals surface area contributed by atoms with E-state index < -0.39 is 17.8 Å². The van der Waals surface area contributed by atoms with Crippen molar-refractivity contribution in [3.63, 3.8) is 0 Å². The van der Waals surface area contributed by atoms with Crippen LogP contribution >= 0.6 is 0 Å². The molecule has 0 unspecified atom stereocenters. The topological polar surface area (TPSA) is 78.0 Å². The molecule has 1 heterocycles. The lowest BCUT2D eigenvalue weighted by Crippen LogP contribution is -2.08. The number of halogens is 3. The van der Waals surface area contributed by atoms with E-state index in [1.54, 1.807) is 12.1 Å². The lowest BCUT2D eigenvalue weighted by atomic mass is 10.1. The van der Waals surface area contributed by atoms with Gasteiger partial charge in [0.2, 0.25) is 0 Å². The summed E-state index contributed by atoms with van der Waals surface area (Å²) >= 11 is 0. The van der Waals surface area contributed by atoms with E-state index in [-0.39, 0.29) is 23.9 Å². The third kappa shape index (κ3) is 3.22. The van der Waals surface area contributed by atoms with Gasteiger partial charge in [0.25, 0.3) is 0 Å². The minimum Gasteiger partial charge on any atom is -0.481 e. The van der Waals surface area contributed by atoms with Gasteiger partial charge in [-0.3, -0.25) is 9.89 Å². The number of carbonyl (C=O) groups is 1. The highest BCUT2D eigenvalue weighted by Crippen LogP contribution is 2.47. The van der Waals surface area contributed by atoms with Gasteiger partial charge in [0.15, 0.2) is 5.69 Å². The van der Waals surface area contributed by atoms with Crippen LogP contribution in [0.2, 0.25) is 0 Å². The van der Waals surface area contributed by atoms with Gasteiger partial charge in [0, 0.05) is 11.3 Å². The normalized spacial score (nSPS) is 20.0. The lowest BCUT2D eigenvalue weighted by Gasteiger charge is -2.08. The fourth-order valence-corrected chi connectivity index (χ4v) is 2.76. The molecule has 1 aliphatic rings. The number of alkyl halides is 3. The number of aliphatic carboxylic acids is 1. The second-order valence-corrected chi connectivity index (χ2v) is 5.94. The van der Waals surface area contributed by atoms with Gasteiger partial charge in [-0.2, -0.15) is 18.3 Å². The number of aromatic amines is 1. The maximum atomic E-state index is 12.7. The molecule has 0 amide bonds. The molecule has 1 aromatic carbocycles. The molecule has 0 radical (unpaired) electrons. The van der Waals surface area contributed by atoms with Crippen LogP contribution in [0, 0.1) is 12.8 Å². The summed E-state index contributed by atoms with van der Waals surface area (Å²) in [6.07, 6.45) is -3.82. The molecule has 0 bridgehead atoms. The maximum Gasteiger partial charge on any atom is 0.435 e. The minimum atomic E-state index is -4.47. The molecule has 0 spiro atoms. The van der Waals surface area contributed by atoms with Crippen molar-refractivity contribution in [2.24, 2.45) is 5.92 Å². The molecule has 2 atom stereocenters. The summed E-state index contributed by atoms with van der Waals surface area (Å²) in [5, 5.41) is 17.7. The second kappa shape index (κ2) is 5.85. The Bertz CT molecular complexity index is 753. The highest BCUT2D eigenvalue weighted by molar-refractivity contribution is 5.75. The van der Waals surface area contributed by atoms with Crippen molar-refractivity contribution < 1.29 is 23.1 Å². The number of hydrogen-bond acceptors (Lipinski definition) is 3. The number of carboxylic acids is 1. The summed E-state index contributed by atoms with van der Waals surface area (Å²) in [6, 6.07) is 7.28. The molecule has 5 nitrogen and oxygen atoms in total. The average molecular weight is 339 g/mol. The van der Waals surface area contributed by atoms with Gasteiger partial charge in [-0.1, -0.05) is 12.1 Å². The van der Waals surface area contributed by atoms with Crippen molar-refractivity contribution in [1.29, 1.82) is 0 Å². The lowest BCUT2D eigenvalue weighted by molar-refractivity contribution is -0.141. The van der Waals surface area contributed by atoms with E-state index in [9.17, 15) is 18.0 Å². The standard InChI is InChI=1S/C16H16F3N3O2/c1-8-13(21-22-14(8)16(17,18)19)7-20-10-4-2-9(3-5-10)11-6-12(11)15(23)24/h2-5,11-12,20H,6-7H2,1H3,(H,21,22)(H,23,24)/t11-,12+/m0/s1. The average Bonchev–Trinajstić information content (AvgIpc) is 3.22. The predicted molar refractivity (Wildman–Crippen MR) is 80.6 cm³/mol. The zero-order valence-electron chi connectivity index (χ0n) is 12.8. The number of anilines is 1. The summed E-state index contributed by atoms with van der Waals surface area (Å²) in [6.45, 7) is 1.57. The molecule has 3 N–H and O–H groups in total. The molecule has 8 heteroatoms. The first-order valence-corrected chi connectivity index (χ1v) is 7.45. The third-order valence-corrected chi connectivity index (χ3v) is 4.29. The number of H-pyrrole nitrogens is 1. The second-order valence-electron chi connectivity index (χ2n) is 5.94. The molecule has 0 aliphatic heterocycles. The number of carboxylic acid groups (broad SMARTS) is 1. The van der Waals surface area contributed by atoms with Crippen molar-refractivity contribution in [2.75, 3.05) is 5.32 Å². The van der Waals surface area contributed by atoms with Crippen molar-refractivity contribution in [3.05, 3.63) is 46.8 Å². The first-order chi connectivity index (χ1) is 11.3. The molecule has 128 valence electrons. The van der Waals surface area contributed by atoms with Crippen LogP contribution in [0.4, 0.5) is 18.9 Å². The van der Waals surface area contributed by atoms with Crippen LogP contribution in [0.5, 0.6) is 0 Å². The van der Waals surface area contributed by atoms with E-state index in [2.05, 4.69) is 15.5 Å². The van der Waals surface area contributed by atoms with Gasteiger partial charge in [0.1, 0.15) is 0 Å². The van der Waals surface area contributed by atoms with Crippen LogP contribution in [0.25, 0.3) is 0 Å². The number of hydrogen-bond donors (Lipinski definition) is 3. The van der Waals surface area contributed by atoms with Crippen LogP contribution in [0.3, 0.4) is 0 Å². The fraction of sp³-hybridized carbons (Fsp3) is 0.375. The van der Waals surface area contributed by atoms with Crippen molar-refractivity contribution >= 4 is 11.7 Å². The van der Waals surface area contributed by atoms with Gasteiger partial charge >= 0.3 is 12.1 Å². The number of benzene rings is 1. The largest absolute Gasteiger partial charge is 0.481 e. The van der Waals surface area contributed by atoms with Crippen LogP contribution in [0.1, 0.15) is 34.9 Å². The van der Waals surface area contributed by atoms with Gasteiger partial charge in [-0.05, 0) is 37.0 Å². The minimum absolute atomic E-state index is 0.0562. The summed E-state index contributed by atoms with van der Waals surface area (Å²) in [5.74, 6) is -1.03. The summed E-state index contributed by atoms with van der Waals surface area (Å²) in [5.41, 5.74) is 1.26. The first-order valence-electron chi connectivity index (χ1n) is 7.45. The third-order valence-electron chi connectivity index (χ3n) is 4.29. The van der Waals surface area contributed by atoms with E-state index in [1.807, 2.05) is 12.1 Å². The van der Waals surface area contributed by atoms with Crippen molar-refractivity contribution in [1.82, 2.24) is 10.2 Å². The molecule has 24 heavy (non-hydrogen) atoms. The zero-order valence-corrected chi connectivity index (χ0v) is 12.8. The van der Waals surface area contributed by atoms with Crippen LogP contribution in [0.15, 0.2) is 24.3 Å². The Hall–Kier alpha value is -2.51. The Morgan fingerprint density at radius 1 is 1.38 bits per heavy atom. The van der Waals surface area contributed by atoms with Gasteiger partial charge < -0.3 is 10.4 Å². The zero-order chi connectivity index (χ0) is 17.5. The van der Waals surface area contributed by atoms with Gasteiger partial charge in [-0.15, -0.1) is 0 Å². The van der Waals surface area contributed by atoms with E-state index in [0.717, 1.165) is 11.3 Å². The monoisotopic (exact) mass is 339 g/mol. The Kier molecular flexibility index (Phi) is 3.98.